The van der Waals surface area contributed by atoms with Crippen molar-refractivity contribution in [3.8, 4) is 22.8 Å². The lowest BCUT2D eigenvalue weighted by Gasteiger charge is -2.11. The Hall–Kier alpha value is -2.86. The molecule has 26 heavy (non-hydrogen) atoms. The quantitative estimate of drug-likeness (QED) is 0.704. The maximum absolute atomic E-state index is 12.5. The first-order valence-corrected chi connectivity index (χ1v) is 9.01. The Morgan fingerprint density at radius 2 is 1.88 bits per heavy atom. The van der Waals surface area contributed by atoms with Crippen LogP contribution in [0.15, 0.2) is 47.8 Å². The Morgan fingerprint density at radius 3 is 2.58 bits per heavy atom. The molecule has 0 saturated carbocycles. The number of thiazole rings is 1. The Balaban J connectivity index is 1.77. The normalized spacial score (nSPS) is 10.4. The summed E-state index contributed by atoms with van der Waals surface area (Å²) in [6.07, 6.45) is 0.241. The highest BCUT2D eigenvalue weighted by molar-refractivity contribution is 7.09. The predicted molar refractivity (Wildman–Crippen MR) is 104 cm³/mol. The highest BCUT2D eigenvalue weighted by atomic mass is 32.1. The number of rotatable bonds is 6. The molecule has 134 valence electrons. The standard InChI is InChI=1S/C20H20N2O3S/c1-13-21-17(12-26-13)15-6-4-5-7-16(15)22-20(23)11-14-8-9-18(24-2)19(10-14)25-3/h4-10,12H,11H2,1-3H3,(H,22,23). The van der Waals surface area contributed by atoms with E-state index in [2.05, 4.69) is 10.3 Å². The number of aryl methyl sites for hydroxylation is 1. The number of hydrogen-bond donors (Lipinski definition) is 1. The third kappa shape index (κ3) is 4.03. The number of anilines is 1. The van der Waals surface area contributed by atoms with Gasteiger partial charge in [-0.15, -0.1) is 11.3 Å². The van der Waals surface area contributed by atoms with E-state index in [-0.39, 0.29) is 12.3 Å². The minimum Gasteiger partial charge on any atom is -0.493 e. The van der Waals surface area contributed by atoms with Gasteiger partial charge in [-0.25, -0.2) is 4.98 Å². The molecule has 3 aromatic rings. The van der Waals surface area contributed by atoms with Crippen molar-refractivity contribution < 1.29 is 14.3 Å². The van der Waals surface area contributed by atoms with Crippen LogP contribution in [-0.2, 0) is 11.2 Å². The molecule has 3 rings (SSSR count). The zero-order chi connectivity index (χ0) is 18.5. The first kappa shape index (κ1) is 17.9. The predicted octanol–water partition coefficient (Wildman–Crippen LogP) is 4.32. The van der Waals surface area contributed by atoms with Crippen molar-refractivity contribution in [2.75, 3.05) is 19.5 Å². The molecular formula is C20H20N2O3S. The molecule has 6 heteroatoms. The van der Waals surface area contributed by atoms with Crippen LogP contribution in [0.1, 0.15) is 10.6 Å². The minimum atomic E-state index is -0.100. The van der Waals surface area contributed by atoms with Crippen molar-refractivity contribution in [3.05, 3.63) is 58.4 Å². The summed E-state index contributed by atoms with van der Waals surface area (Å²) in [7, 11) is 3.16. The molecule has 0 aliphatic heterocycles. The van der Waals surface area contributed by atoms with E-state index in [0.717, 1.165) is 27.5 Å². The number of para-hydroxylation sites is 1. The summed E-state index contributed by atoms with van der Waals surface area (Å²) in [5, 5.41) is 5.97. The van der Waals surface area contributed by atoms with E-state index >= 15 is 0 Å². The molecule has 1 N–H and O–H groups in total. The van der Waals surface area contributed by atoms with E-state index in [1.807, 2.05) is 48.7 Å². The van der Waals surface area contributed by atoms with Crippen LogP contribution in [0.3, 0.4) is 0 Å². The Bertz CT molecular complexity index is 921. The Kier molecular flexibility index (Phi) is 5.53. The first-order chi connectivity index (χ1) is 12.6. The van der Waals surface area contributed by atoms with Gasteiger partial charge in [-0.1, -0.05) is 24.3 Å². The molecule has 0 bridgehead atoms. The minimum absolute atomic E-state index is 0.100. The highest BCUT2D eigenvalue weighted by Crippen LogP contribution is 2.30. The summed E-state index contributed by atoms with van der Waals surface area (Å²) in [5.74, 6) is 1.15. The molecule has 5 nitrogen and oxygen atoms in total. The lowest BCUT2D eigenvalue weighted by atomic mass is 10.1. The zero-order valence-electron chi connectivity index (χ0n) is 14.9. The van der Waals surface area contributed by atoms with Crippen LogP contribution >= 0.6 is 11.3 Å². The topological polar surface area (TPSA) is 60.5 Å². The van der Waals surface area contributed by atoms with Gasteiger partial charge in [-0.3, -0.25) is 4.79 Å². The van der Waals surface area contributed by atoms with Gasteiger partial charge >= 0.3 is 0 Å². The van der Waals surface area contributed by atoms with Crippen molar-refractivity contribution in [2.24, 2.45) is 0 Å². The lowest BCUT2D eigenvalue weighted by molar-refractivity contribution is -0.115. The van der Waals surface area contributed by atoms with E-state index in [1.165, 1.54) is 0 Å². The average Bonchev–Trinajstić information content (AvgIpc) is 3.08. The smallest absolute Gasteiger partial charge is 0.228 e. The van der Waals surface area contributed by atoms with Crippen LogP contribution in [-0.4, -0.2) is 25.1 Å². The largest absolute Gasteiger partial charge is 0.493 e. The van der Waals surface area contributed by atoms with E-state index in [4.69, 9.17) is 9.47 Å². The van der Waals surface area contributed by atoms with Gasteiger partial charge in [0.2, 0.25) is 5.91 Å². The molecule has 0 unspecified atom stereocenters. The molecule has 1 amide bonds. The molecule has 0 aliphatic carbocycles. The van der Waals surface area contributed by atoms with Gasteiger partial charge in [0.1, 0.15) is 0 Å². The fourth-order valence-electron chi connectivity index (χ4n) is 2.67. The molecular weight excluding hydrogens is 348 g/mol. The maximum Gasteiger partial charge on any atom is 0.228 e. The van der Waals surface area contributed by atoms with Crippen molar-refractivity contribution in [1.82, 2.24) is 4.98 Å². The number of nitrogens with one attached hydrogen (secondary N) is 1. The SMILES string of the molecule is COc1ccc(CC(=O)Nc2ccccc2-c2csc(C)n2)cc1OC. The third-order valence-corrected chi connectivity index (χ3v) is 4.68. The lowest BCUT2D eigenvalue weighted by Crippen LogP contribution is -2.15. The van der Waals surface area contributed by atoms with Crippen LogP contribution in [0.4, 0.5) is 5.69 Å². The average molecular weight is 368 g/mol. The van der Waals surface area contributed by atoms with Crippen molar-refractivity contribution in [3.63, 3.8) is 0 Å². The van der Waals surface area contributed by atoms with Gasteiger partial charge in [0, 0.05) is 10.9 Å². The summed E-state index contributed by atoms with van der Waals surface area (Å²) in [6, 6.07) is 13.2. The summed E-state index contributed by atoms with van der Waals surface area (Å²) in [6.45, 7) is 1.96. The summed E-state index contributed by atoms with van der Waals surface area (Å²) >= 11 is 1.59. The number of carbonyl (C=O) groups excluding carboxylic acids is 1. The molecule has 0 saturated heterocycles. The number of amides is 1. The highest BCUT2D eigenvalue weighted by Gasteiger charge is 2.12. The molecule has 0 fully saturated rings. The van der Waals surface area contributed by atoms with E-state index in [1.54, 1.807) is 31.6 Å². The number of ether oxygens (including phenoxy) is 2. The summed E-state index contributed by atoms with van der Waals surface area (Å²) in [5.41, 5.74) is 3.39. The number of hydrogen-bond acceptors (Lipinski definition) is 5. The van der Waals surface area contributed by atoms with Crippen LogP contribution in [0.5, 0.6) is 11.5 Å². The molecule has 0 spiro atoms. The van der Waals surface area contributed by atoms with Gasteiger partial charge in [0.15, 0.2) is 11.5 Å². The molecule has 1 aromatic heterocycles. The maximum atomic E-state index is 12.5. The number of methoxy groups -OCH3 is 2. The summed E-state index contributed by atoms with van der Waals surface area (Å²) < 4.78 is 10.5. The number of aromatic nitrogens is 1. The van der Waals surface area contributed by atoms with Crippen molar-refractivity contribution >= 4 is 22.9 Å². The molecule has 0 atom stereocenters. The number of carbonyl (C=O) groups is 1. The van der Waals surface area contributed by atoms with Crippen molar-refractivity contribution in [1.29, 1.82) is 0 Å². The Morgan fingerprint density at radius 1 is 1.12 bits per heavy atom. The second-order valence-electron chi connectivity index (χ2n) is 5.71. The van der Waals surface area contributed by atoms with Gasteiger partial charge in [-0.2, -0.15) is 0 Å². The van der Waals surface area contributed by atoms with Gasteiger partial charge in [0.05, 0.1) is 37.0 Å². The van der Waals surface area contributed by atoms with Crippen LogP contribution in [0.2, 0.25) is 0 Å². The first-order valence-electron chi connectivity index (χ1n) is 8.13. The fourth-order valence-corrected chi connectivity index (χ4v) is 3.29. The van der Waals surface area contributed by atoms with Gasteiger partial charge < -0.3 is 14.8 Å². The van der Waals surface area contributed by atoms with Gasteiger partial charge in [-0.05, 0) is 30.7 Å². The van der Waals surface area contributed by atoms with E-state index in [0.29, 0.717) is 11.5 Å². The van der Waals surface area contributed by atoms with Crippen molar-refractivity contribution in [2.45, 2.75) is 13.3 Å². The van der Waals surface area contributed by atoms with Crippen LogP contribution < -0.4 is 14.8 Å². The number of nitrogens with zero attached hydrogens (tertiary/aromatic N) is 1. The van der Waals surface area contributed by atoms with Crippen LogP contribution in [0, 0.1) is 6.92 Å². The van der Waals surface area contributed by atoms with E-state index in [9.17, 15) is 4.79 Å². The van der Waals surface area contributed by atoms with E-state index < -0.39 is 0 Å². The number of benzene rings is 2. The Labute approximate surface area is 156 Å². The van der Waals surface area contributed by atoms with Crippen LogP contribution in [0.25, 0.3) is 11.3 Å². The molecule has 2 aromatic carbocycles. The third-order valence-electron chi connectivity index (χ3n) is 3.91. The molecule has 0 aliphatic rings. The second kappa shape index (κ2) is 8.01. The molecule has 0 radical (unpaired) electrons. The summed E-state index contributed by atoms with van der Waals surface area (Å²) in [4.78, 5) is 17.0. The molecule has 1 heterocycles. The second-order valence-corrected chi connectivity index (χ2v) is 6.77. The fraction of sp³-hybridized carbons (Fsp3) is 0.200. The zero-order valence-corrected chi connectivity index (χ0v) is 15.7. The van der Waals surface area contributed by atoms with Gasteiger partial charge in [0.25, 0.3) is 0 Å². The monoisotopic (exact) mass is 368 g/mol.